The number of carbonyl (C=O) groups excluding carboxylic acids is 2. The van der Waals surface area contributed by atoms with Crippen molar-refractivity contribution >= 4 is 11.9 Å². The van der Waals surface area contributed by atoms with Gasteiger partial charge in [-0.1, -0.05) is 262 Å². The van der Waals surface area contributed by atoms with Crippen LogP contribution >= 0.6 is 0 Å². The highest BCUT2D eigenvalue weighted by molar-refractivity contribution is 5.77. The third-order valence-corrected chi connectivity index (χ3v) is 12.4. The Bertz CT molecular complexity index is 1080. The molecule has 1 amide bonds. The summed E-state index contributed by atoms with van der Waals surface area (Å²) in [6.45, 7) is 6.45. The third kappa shape index (κ3) is 46.2. The molecule has 0 aromatic carbocycles. The van der Waals surface area contributed by atoms with Gasteiger partial charge < -0.3 is 20.3 Å². The van der Waals surface area contributed by atoms with Gasteiger partial charge in [0.1, 0.15) is 6.10 Å². The Morgan fingerprint density at radius 1 is 0.476 bits per heavy atom. The van der Waals surface area contributed by atoms with E-state index in [-0.39, 0.29) is 24.9 Å². The molecule has 0 fully saturated rings. The summed E-state index contributed by atoms with van der Waals surface area (Å²) in [5.41, 5.74) is 0. The molecule has 0 saturated heterocycles. The third-order valence-electron chi connectivity index (χ3n) is 12.4. The Morgan fingerprint density at radius 3 is 1.27 bits per heavy atom. The lowest BCUT2D eigenvalue weighted by Crippen LogP contribution is -2.46. The van der Waals surface area contributed by atoms with E-state index in [2.05, 4.69) is 68.6 Å². The molecule has 6 heteroatoms. The number of amides is 1. The van der Waals surface area contributed by atoms with Gasteiger partial charge in [0.05, 0.1) is 25.2 Å². The van der Waals surface area contributed by atoms with Crippen LogP contribution in [0.25, 0.3) is 0 Å². The maximum Gasteiger partial charge on any atom is 0.306 e. The minimum atomic E-state index is -0.809. The van der Waals surface area contributed by atoms with Crippen molar-refractivity contribution in [3.05, 3.63) is 48.6 Å². The van der Waals surface area contributed by atoms with Gasteiger partial charge in [-0.3, -0.25) is 9.59 Å². The number of hydrogen-bond acceptors (Lipinski definition) is 5. The lowest BCUT2D eigenvalue weighted by molar-refractivity contribution is -0.150. The highest BCUT2D eigenvalue weighted by Gasteiger charge is 2.23. The molecule has 3 N–H and O–H groups in total. The van der Waals surface area contributed by atoms with Gasteiger partial charge in [0, 0.05) is 12.8 Å². The standard InChI is InChI=1S/C57H105NO5/c1-4-7-10-13-16-19-22-25-28-30-33-36-39-42-45-48-53(63-57(62)50-47-44-41-38-35-32-29-26-23-20-17-14-11-8-5-2)51-56(61)58-54(52-59)55(60)49-46-43-40-37-34-31-27-24-21-18-15-12-9-6-3/h16,19,25,28,33,36,42,45,53-55,59-60H,4-15,17-18,20-24,26-27,29-32,34-35,37-41,43-44,46-52H2,1-3H3,(H,58,61)/b19-16-,28-25-,36-33-,45-42-. The summed E-state index contributed by atoms with van der Waals surface area (Å²) in [5, 5.41) is 23.8. The normalized spacial score (nSPS) is 13.5. The van der Waals surface area contributed by atoms with Gasteiger partial charge in [-0.2, -0.15) is 0 Å². The zero-order valence-electron chi connectivity index (χ0n) is 42.0. The van der Waals surface area contributed by atoms with Crippen molar-refractivity contribution < 1.29 is 24.5 Å². The van der Waals surface area contributed by atoms with Crippen LogP contribution in [0.2, 0.25) is 0 Å². The van der Waals surface area contributed by atoms with Crippen LogP contribution in [0, 0.1) is 0 Å². The van der Waals surface area contributed by atoms with E-state index < -0.39 is 18.2 Å². The largest absolute Gasteiger partial charge is 0.461 e. The van der Waals surface area contributed by atoms with Crippen LogP contribution in [-0.2, 0) is 14.3 Å². The number of esters is 1. The summed E-state index contributed by atoms with van der Waals surface area (Å²) in [6, 6.07) is -0.729. The number of nitrogens with one attached hydrogen (secondary N) is 1. The molecule has 368 valence electrons. The molecule has 0 aliphatic rings. The van der Waals surface area contributed by atoms with Gasteiger partial charge in [-0.25, -0.2) is 0 Å². The van der Waals surface area contributed by atoms with Crippen LogP contribution in [0.5, 0.6) is 0 Å². The summed E-state index contributed by atoms with van der Waals surface area (Å²) in [6.07, 6.45) is 61.9. The number of allylic oxidation sites excluding steroid dienone is 7. The molecule has 0 heterocycles. The molecule has 0 saturated carbocycles. The number of carbonyl (C=O) groups is 2. The van der Waals surface area contributed by atoms with Crippen molar-refractivity contribution in [1.29, 1.82) is 0 Å². The van der Waals surface area contributed by atoms with Gasteiger partial charge in [0.2, 0.25) is 5.91 Å². The summed E-state index contributed by atoms with van der Waals surface area (Å²) in [4.78, 5) is 26.2. The monoisotopic (exact) mass is 884 g/mol. The predicted octanol–water partition coefficient (Wildman–Crippen LogP) is 16.6. The Morgan fingerprint density at radius 2 is 0.841 bits per heavy atom. The molecule has 0 rings (SSSR count). The molecule has 0 spiro atoms. The fourth-order valence-electron chi connectivity index (χ4n) is 8.23. The molecule has 63 heavy (non-hydrogen) atoms. The second kappa shape index (κ2) is 50.8. The molecule has 0 aromatic heterocycles. The highest BCUT2D eigenvalue weighted by Crippen LogP contribution is 2.17. The van der Waals surface area contributed by atoms with E-state index in [0.29, 0.717) is 19.3 Å². The minimum absolute atomic E-state index is 0.00466. The maximum atomic E-state index is 13.2. The average Bonchev–Trinajstić information content (AvgIpc) is 3.28. The van der Waals surface area contributed by atoms with Gasteiger partial charge in [-0.15, -0.1) is 0 Å². The lowest BCUT2D eigenvalue weighted by Gasteiger charge is -2.24. The fourth-order valence-corrected chi connectivity index (χ4v) is 8.23. The fraction of sp³-hybridized carbons (Fsp3) is 0.825. The first kappa shape index (κ1) is 60.8. The second-order valence-corrected chi connectivity index (χ2v) is 18.6. The van der Waals surface area contributed by atoms with E-state index in [0.717, 1.165) is 57.8 Å². The Labute approximate surface area is 391 Å². The highest BCUT2D eigenvalue weighted by atomic mass is 16.5. The zero-order valence-corrected chi connectivity index (χ0v) is 42.0. The SMILES string of the molecule is CCCCC/C=C\C/C=C\C/C=C\C/C=C\CC(CC(=O)NC(CO)C(O)CCCCCCCCCCCCCCCC)OC(=O)CCCCCCCCCCCCCCCCC. The Kier molecular flexibility index (Phi) is 49.1. The lowest BCUT2D eigenvalue weighted by atomic mass is 10.0. The first-order valence-corrected chi connectivity index (χ1v) is 27.4. The topological polar surface area (TPSA) is 95.9 Å². The van der Waals surface area contributed by atoms with Crippen LogP contribution in [0.1, 0.15) is 278 Å². The molecule has 6 nitrogen and oxygen atoms in total. The van der Waals surface area contributed by atoms with Crippen LogP contribution < -0.4 is 5.32 Å². The molecule has 3 unspecified atom stereocenters. The van der Waals surface area contributed by atoms with E-state index in [1.54, 1.807) is 0 Å². The number of unbranched alkanes of at least 4 members (excludes halogenated alkanes) is 30. The van der Waals surface area contributed by atoms with E-state index in [9.17, 15) is 19.8 Å². The molecule has 0 aromatic rings. The first-order chi connectivity index (χ1) is 31.0. The Balaban J connectivity index is 4.66. The molecule has 0 bridgehead atoms. The van der Waals surface area contributed by atoms with Crippen molar-refractivity contribution in [2.45, 2.75) is 296 Å². The minimum Gasteiger partial charge on any atom is -0.461 e. The second-order valence-electron chi connectivity index (χ2n) is 18.6. The average molecular weight is 884 g/mol. The van der Waals surface area contributed by atoms with Crippen molar-refractivity contribution in [2.24, 2.45) is 0 Å². The molecule has 3 atom stereocenters. The molecule has 0 radical (unpaired) electrons. The van der Waals surface area contributed by atoms with Crippen molar-refractivity contribution in [3.8, 4) is 0 Å². The predicted molar refractivity (Wildman–Crippen MR) is 273 cm³/mol. The molecular weight excluding hydrogens is 779 g/mol. The molecular formula is C57H105NO5. The van der Waals surface area contributed by atoms with Crippen LogP contribution in [0.4, 0.5) is 0 Å². The maximum absolute atomic E-state index is 13.2. The van der Waals surface area contributed by atoms with Crippen molar-refractivity contribution in [3.63, 3.8) is 0 Å². The van der Waals surface area contributed by atoms with E-state index in [1.807, 2.05) is 6.08 Å². The van der Waals surface area contributed by atoms with Gasteiger partial charge in [-0.05, 0) is 44.9 Å². The molecule has 0 aliphatic heterocycles. The van der Waals surface area contributed by atoms with Gasteiger partial charge in [0.15, 0.2) is 0 Å². The number of hydrogen-bond donors (Lipinski definition) is 3. The van der Waals surface area contributed by atoms with Crippen molar-refractivity contribution in [1.82, 2.24) is 5.32 Å². The van der Waals surface area contributed by atoms with Gasteiger partial charge in [0.25, 0.3) is 0 Å². The number of ether oxygens (including phenoxy) is 1. The number of aliphatic hydroxyl groups excluding tert-OH is 2. The van der Waals surface area contributed by atoms with E-state index in [1.165, 1.54) is 173 Å². The van der Waals surface area contributed by atoms with Crippen LogP contribution in [-0.4, -0.2) is 46.9 Å². The smallest absolute Gasteiger partial charge is 0.306 e. The van der Waals surface area contributed by atoms with E-state index in [4.69, 9.17) is 4.74 Å². The number of aliphatic hydroxyl groups is 2. The number of rotatable bonds is 49. The Hall–Kier alpha value is -2.18. The zero-order chi connectivity index (χ0) is 45.9. The summed E-state index contributed by atoms with van der Waals surface area (Å²) >= 11 is 0. The molecule has 0 aliphatic carbocycles. The van der Waals surface area contributed by atoms with E-state index >= 15 is 0 Å². The van der Waals surface area contributed by atoms with Crippen molar-refractivity contribution in [2.75, 3.05) is 6.61 Å². The summed E-state index contributed by atoms with van der Waals surface area (Å²) in [5.74, 6) is -0.565. The quantitative estimate of drug-likeness (QED) is 0.0321. The van der Waals surface area contributed by atoms with Crippen LogP contribution in [0.15, 0.2) is 48.6 Å². The first-order valence-electron chi connectivity index (χ1n) is 27.4. The summed E-state index contributed by atoms with van der Waals surface area (Å²) < 4.78 is 5.88. The summed E-state index contributed by atoms with van der Waals surface area (Å²) in [7, 11) is 0. The van der Waals surface area contributed by atoms with Gasteiger partial charge >= 0.3 is 5.97 Å². The van der Waals surface area contributed by atoms with Crippen LogP contribution in [0.3, 0.4) is 0 Å².